The number of aliphatic hydroxyl groups is 1. The highest BCUT2D eigenvalue weighted by molar-refractivity contribution is 6.32. The van der Waals surface area contributed by atoms with Crippen molar-refractivity contribution in [3.8, 4) is 0 Å². The van der Waals surface area contributed by atoms with E-state index >= 15 is 0 Å². The largest absolute Gasteiger partial charge is 0.389 e. The SMILES string of the molecule is Cc1ccc2c(C(C)O)c(Cl)n(CC(C)C)c2c1. The highest BCUT2D eigenvalue weighted by atomic mass is 35.5. The van der Waals surface area contributed by atoms with Gasteiger partial charge in [0.25, 0.3) is 0 Å². The zero-order chi connectivity index (χ0) is 13.4. The van der Waals surface area contributed by atoms with E-state index in [2.05, 4.69) is 43.5 Å². The molecule has 2 aromatic rings. The van der Waals surface area contributed by atoms with Crippen LogP contribution in [0, 0.1) is 12.8 Å². The fraction of sp³-hybridized carbons (Fsp3) is 0.467. The lowest BCUT2D eigenvalue weighted by Crippen LogP contribution is -2.04. The Bertz CT molecular complexity index is 569. The van der Waals surface area contributed by atoms with E-state index in [1.807, 2.05) is 0 Å². The summed E-state index contributed by atoms with van der Waals surface area (Å²) in [5.41, 5.74) is 3.16. The molecule has 98 valence electrons. The predicted octanol–water partition coefficient (Wildman–Crippen LogP) is 4.31. The van der Waals surface area contributed by atoms with Crippen LogP contribution in [0.1, 0.15) is 38.0 Å². The number of aliphatic hydroxyl groups excluding tert-OH is 1. The molecule has 2 rings (SSSR count). The quantitative estimate of drug-likeness (QED) is 0.879. The molecular weight excluding hydrogens is 246 g/mol. The first-order valence-electron chi connectivity index (χ1n) is 6.38. The number of benzene rings is 1. The summed E-state index contributed by atoms with van der Waals surface area (Å²) in [5.74, 6) is 0.514. The average molecular weight is 266 g/mol. The van der Waals surface area contributed by atoms with E-state index in [4.69, 9.17) is 11.6 Å². The summed E-state index contributed by atoms with van der Waals surface area (Å²) in [7, 11) is 0. The molecule has 1 aromatic carbocycles. The fourth-order valence-corrected chi connectivity index (χ4v) is 2.82. The number of aryl methyl sites for hydroxylation is 1. The molecule has 0 aliphatic heterocycles. The third-order valence-corrected chi connectivity index (χ3v) is 3.57. The maximum absolute atomic E-state index is 9.92. The molecule has 3 heteroatoms. The lowest BCUT2D eigenvalue weighted by Gasteiger charge is -2.10. The molecule has 1 unspecified atom stereocenters. The van der Waals surface area contributed by atoms with Gasteiger partial charge in [0, 0.05) is 23.0 Å². The van der Waals surface area contributed by atoms with Gasteiger partial charge in [0.2, 0.25) is 0 Å². The van der Waals surface area contributed by atoms with Crippen LogP contribution in [-0.2, 0) is 6.54 Å². The number of hydrogen-bond acceptors (Lipinski definition) is 1. The van der Waals surface area contributed by atoms with Gasteiger partial charge in [-0.15, -0.1) is 0 Å². The zero-order valence-corrected chi connectivity index (χ0v) is 12.1. The summed E-state index contributed by atoms with van der Waals surface area (Å²) in [5, 5.41) is 11.6. The molecule has 18 heavy (non-hydrogen) atoms. The summed E-state index contributed by atoms with van der Waals surface area (Å²) in [6.07, 6.45) is -0.545. The Morgan fingerprint density at radius 1 is 1.28 bits per heavy atom. The van der Waals surface area contributed by atoms with Crippen molar-refractivity contribution in [3.05, 3.63) is 34.5 Å². The second-order valence-electron chi connectivity index (χ2n) is 5.41. The smallest absolute Gasteiger partial charge is 0.115 e. The van der Waals surface area contributed by atoms with Gasteiger partial charge in [0.05, 0.1) is 6.10 Å². The molecule has 1 atom stereocenters. The number of aromatic nitrogens is 1. The van der Waals surface area contributed by atoms with E-state index in [9.17, 15) is 5.11 Å². The molecule has 0 aliphatic carbocycles. The Hall–Kier alpha value is -0.990. The highest BCUT2D eigenvalue weighted by Crippen LogP contribution is 2.35. The van der Waals surface area contributed by atoms with Gasteiger partial charge in [0.15, 0.2) is 0 Å². The van der Waals surface area contributed by atoms with E-state index in [1.165, 1.54) is 5.56 Å². The van der Waals surface area contributed by atoms with Gasteiger partial charge < -0.3 is 9.67 Å². The summed E-state index contributed by atoms with van der Waals surface area (Å²) >= 11 is 6.45. The summed E-state index contributed by atoms with van der Waals surface area (Å²) < 4.78 is 2.11. The van der Waals surface area contributed by atoms with Crippen molar-refractivity contribution in [2.75, 3.05) is 0 Å². The van der Waals surface area contributed by atoms with Crippen LogP contribution in [0.3, 0.4) is 0 Å². The van der Waals surface area contributed by atoms with Crippen molar-refractivity contribution in [3.63, 3.8) is 0 Å². The fourth-order valence-electron chi connectivity index (χ4n) is 2.40. The van der Waals surface area contributed by atoms with Crippen LogP contribution >= 0.6 is 11.6 Å². The Balaban J connectivity index is 2.74. The number of halogens is 1. The third kappa shape index (κ3) is 2.27. The summed E-state index contributed by atoms with van der Waals surface area (Å²) in [6, 6.07) is 6.25. The molecule has 0 saturated heterocycles. The van der Waals surface area contributed by atoms with Crippen molar-refractivity contribution in [1.29, 1.82) is 0 Å². The average Bonchev–Trinajstić information content (AvgIpc) is 2.52. The second kappa shape index (κ2) is 4.94. The van der Waals surface area contributed by atoms with Gasteiger partial charge in [-0.2, -0.15) is 0 Å². The summed E-state index contributed by atoms with van der Waals surface area (Å²) in [6.45, 7) is 9.04. The topological polar surface area (TPSA) is 25.2 Å². The minimum atomic E-state index is -0.545. The van der Waals surface area contributed by atoms with Gasteiger partial charge in [0.1, 0.15) is 5.15 Å². The molecule has 0 amide bonds. The van der Waals surface area contributed by atoms with E-state index in [1.54, 1.807) is 6.92 Å². The molecule has 0 spiro atoms. The highest BCUT2D eigenvalue weighted by Gasteiger charge is 2.19. The maximum Gasteiger partial charge on any atom is 0.115 e. The Morgan fingerprint density at radius 2 is 1.94 bits per heavy atom. The normalized spacial score (nSPS) is 13.5. The minimum absolute atomic E-state index is 0.514. The van der Waals surface area contributed by atoms with E-state index < -0.39 is 6.10 Å². The number of nitrogens with zero attached hydrogens (tertiary/aromatic N) is 1. The zero-order valence-electron chi connectivity index (χ0n) is 11.4. The van der Waals surface area contributed by atoms with Gasteiger partial charge in [-0.25, -0.2) is 0 Å². The molecule has 1 N–H and O–H groups in total. The molecule has 0 fully saturated rings. The molecule has 1 aromatic heterocycles. The van der Waals surface area contributed by atoms with Crippen LogP contribution < -0.4 is 0 Å². The van der Waals surface area contributed by atoms with E-state index in [-0.39, 0.29) is 0 Å². The van der Waals surface area contributed by atoms with Gasteiger partial charge in [-0.05, 0) is 31.4 Å². The number of hydrogen-bond donors (Lipinski definition) is 1. The van der Waals surface area contributed by atoms with Gasteiger partial charge in [-0.3, -0.25) is 0 Å². The van der Waals surface area contributed by atoms with E-state index in [0.717, 1.165) is 23.0 Å². The number of rotatable bonds is 3. The number of fused-ring (bicyclic) bond motifs is 1. The van der Waals surface area contributed by atoms with Crippen molar-refractivity contribution in [1.82, 2.24) is 4.57 Å². The van der Waals surface area contributed by atoms with Crippen LogP contribution in [0.25, 0.3) is 10.9 Å². The Kier molecular flexibility index (Phi) is 3.69. The van der Waals surface area contributed by atoms with Crippen LogP contribution in [0.4, 0.5) is 0 Å². The standard InChI is InChI=1S/C15H20ClNO/c1-9(2)8-17-13-7-10(3)5-6-12(13)14(11(4)18)15(17)16/h5-7,9,11,18H,8H2,1-4H3. The van der Waals surface area contributed by atoms with Crippen LogP contribution in [0.5, 0.6) is 0 Å². The lowest BCUT2D eigenvalue weighted by molar-refractivity contribution is 0.200. The first-order chi connectivity index (χ1) is 8.41. The lowest BCUT2D eigenvalue weighted by atomic mass is 10.1. The second-order valence-corrected chi connectivity index (χ2v) is 5.76. The Labute approximate surface area is 113 Å². The molecule has 2 nitrogen and oxygen atoms in total. The van der Waals surface area contributed by atoms with Gasteiger partial charge in [-0.1, -0.05) is 37.6 Å². The molecule has 0 radical (unpaired) electrons. The molecule has 0 saturated carbocycles. The molecule has 0 bridgehead atoms. The first kappa shape index (κ1) is 13.4. The van der Waals surface area contributed by atoms with Crippen molar-refractivity contribution in [2.45, 2.75) is 40.3 Å². The van der Waals surface area contributed by atoms with Crippen molar-refractivity contribution < 1.29 is 5.11 Å². The summed E-state index contributed by atoms with van der Waals surface area (Å²) in [4.78, 5) is 0. The van der Waals surface area contributed by atoms with Crippen molar-refractivity contribution >= 4 is 22.5 Å². The molecular formula is C15H20ClNO. The van der Waals surface area contributed by atoms with Crippen LogP contribution in [-0.4, -0.2) is 9.67 Å². The van der Waals surface area contributed by atoms with Gasteiger partial charge >= 0.3 is 0 Å². The van der Waals surface area contributed by atoms with Crippen molar-refractivity contribution in [2.24, 2.45) is 5.92 Å². The first-order valence-corrected chi connectivity index (χ1v) is 6.76. The molecule has 1 heterocycles. The Morgan fingerprint density at radius 3 is 2.50 bits per heavy atom. The van der Waals surface area contributed by atoms with E-state index in [0.29, 0.717) is 11.1 Å². The minimum Gasteiger partial charge on any atom is -0.389 e. The van der Waals surface area contributed by atoms with Crippen LogP contribution in [0.15, 0.2) is 18.2 Å². The monoisotopic (exact) mass is 265 g/mol. The molecule has 0 aliphatic rings. The maximum atomic E-state index is 9.92. The third-order valence-electron chi connectivity index (χ3n) is 3.16. The van der Waals surface area contributed by atoms with Crippen LogP contribution in [0.2, 0.25) is 5.15 Å². The predicted molar refractivity (Wildman–Crippen MR) is 77.2 cm³/mol.